The highest BCUT2D eigenvalue weighted by molar-refractivity contribution is 7.20. The van der Waals surface area contributed by atoms with Gasteiger partial charge in [0, 0.05) is 11.8 Å². The zero-order valence-corrected chi connectivity index (χ0v) is 18.8. The van der Waals surface area contributed by atoms with Crippen molar-refractivity contribution in [2.45, 2.75) is 0 Å². The van der Waals surface area contributed by atoms with E-state index in [9.17, 15) is 14.4 Å². The van der Waals surface area contributed by atoms with Crippen molar-refractivity contribution in [1.82, 2.24) is 14.6 Å². The molecule has 0 saturated carbocycles. The van der Waals surface area contributed by atoms with Crippen LogP contribution < -0.4 is 20.3 Å². The van der Waals surface area contributed by atoms with Crippen molar-refractivity contribution in [1.29, 1.82) is 0 Å². The highest BCUT2D eigenvalue weighted by Crippen LogP contribution is 2.31. The third-order valence-electron chi connectivity index (χ3n) is 4.73. The van der Waals surface area contributed by atoms with Crippen LogP contribution in [0.4, 0.5) is 10.8 Å². The van der Waals surface area contributed by atoms with Gasteiger partial charge in [-0.3, -0.25) is 4.79 Å². The second-order valence-electron chi connectivity index (χ2n) is 6.65. The van der Waals surface area contributed by atoms with Gasteiger partial charge in [0.05, 0.1) is 50.5 Å². The Morgan fingerprint density at radius 3 is 2.09 bits per heavy atom. The lowest BCUT2D eigenvalue weighted by molar-refractivity contribution is 0.0599. The number of carbonyl (C=O) groups excluding carboxylic acids is 2. The van der Waals surface area contributed by atoms with E-state index >= 15 is 0 Å². The Kier molecular flexibility index (Phi) is 5.84. The second-order valence-corrected chi connectivity index (χ2v) is 7.61. The zero-order valence-electron chi connectivity index (χ0n) is 18.0. The average Bonchev–Trinajstić information content (AvgIpc) is 3.24. The van der Waals surface area contributed by atoms with Gasteiger partial charge in [-0.1, -0.05) is 11.3 Å². The average molecular weight is 470 g/mol. The maximum absolute atomic E-state index is 13.0. The molecule has 0 spiro atoms. The first kappa shape index (κ1) is 22.0. The van der Waals surface area contributed by atoms with E-state index in [1.165, 1.54) is 46.6 Å². The number of benzene rings is 2. The molecule has 0 saturated heterocycles. The summed E-state index contributed by atoms with van der Waals surface area (Å²) in [4.78, 5) is 41.9. The maximum Gasteiger partial charge on any atom is 0.337 e. The summed E-state index contributed by atoms with van der Waals surface area (Å²) in [6.45, 7) is 0. The molecule has 12 heteroatoms. The lowest BCUT2D eigenvalue weighted by Crippen LogP contribution is -2.15. The van der Waals surface area contributed by atoms with Gasteiger partial charge in [0.1, 0.15) is 0 Å². The van der Waals surface area contributed by atoms with Crippen LogP contribution in [-0.4, -0.2) is 55.0 Å². The van der Waals surface area contributed by atoms with Crippen LogP contribution in [0.15, 0.2) is 35.1 Å². The fraction of sp³-hybridized carbons (Fsp3) is 0.190. The van der Waals surface area contributed by atoms with Gasteiger partial charge in [-0.05, 0) is 24.3 Å². The molecular formula is C21H18N4O7S. The van der Waals surface area contributed by atoms with Gasteiger partial charge in [0.25, 0.3) is 5.56 Å². The van der Waals surface area contributed by atoms with Crippen molar-refractivity contribution >= 4 is 50.0 Å². The van der Waals surface area contributed by atoms with Gasteiger partial charge in [-0.15, -0.1) is 5.10 Å². The van der Waals surface area contributed by atoms with Gasteiger partial charge >= 0.3 is 11.9 Å². The number of ether oxygens (including phenoxy) is 4. The van der Waals surface area contributed by atoms with Crippen LogP contribution in [0.1, 0.15) is 20.7 Å². The Labute approximate surface area is 190 Å². The minimum absolute atomic E-state index is 0.143. The van der Waals surface area contributed by atoms with Crippen LogP contribution in [-0.2, 0) is 9.47 Å². The summed E-state index contributed by atoms with van der Waals surface area (Å²) in [5, 5.41) is 7.91. The molecule has 2 heterocycles. The van der Waals surface area contributed by atoms with Crippen molar-refractivity contribution in [2.75, 3.05) is 33.8 Å². The summed E-state index contributed by atoms with van der Waals surface area (Å²) in [5.41, 5.74) is 0.694. The zero-order chi connectivity index (χ0) is 23.7. The second kappa shape index (κ2) is 8.74. The number of rotatable bonds is 6. The number of carbonyl (C=O) groups is 2. The molecule has 0 aliphatic heterocycles. The molecule has 0 atom stereocenters. The molecule has 33 heavy (non-hydrogen) atoms. The van der Waals surface area contributed by atoms with E-state index in [1.54, 1.807) is 12.1 Å². The van der Waals surface area contributed by atoms with Crippen LogP contribution in [0, 0.1) is 0 Å². The number of aromatic nitrogens is 3. The number of methoxy groups -OCH3 is 4. The summed E-state index contributed by atoms with van der Waals surface area (Å²) < 4.78 is 21.2. The van der Waals surface area contributed by atoms with Gasteiger partial charge in [0.2, 0.25) is 10.1 Å². The molecule has 0 amide bonds. The lowest BCUT2D eigenvalue weighted by Gasteiger charge is -2.08. The van der Waals surface area contributed by atoms with Crippen LogP contribution in [0.2, 0.25) is 0 Å². The Morgan fingerprint density at radius 2 is 1.52 bits per heavy atom. The highest BCUT2D eigenvalue weighted by Gasteiger charge is 2.17. The first-order chi connectivity index (χ1) is 15.9. The van der Waals surface area contributed by atoms with Gasteiger partial charge < -0.3 is 24.3 Å². The Morgan fingerprint density at radius 1 is 0.909 bits per heavy atom. The van der Waals surface area contributed by atoms with E-state index in [0.29, 0.717) is 38.2 Å². The molecule has 2 aromatic heterocycles. The normalized spacial score (nSPS) is 10.8. The van der Waals surface area contributed by atoms with E-state index < -0.39 is 11.9 Å². The summed E-state index contributed by atoms with van der Waals surface area (Å²) in [5.74, 6) is -0.410. The van der Waals surface area contributed by atoms with Gasteiger partial charge in [0.15, 0.2) is 11.5 Å². The predicted molar refractivity (Wildman–Crippen MR) is 120 cm³/mol. The fourth-order valence-electron chi connectivity index (χ4n) is 3.18. The Bertz CT molecular complexity index is 1430. The smallest absolute Gasteiger partial charge is 0.337 e. The highest BCUT2D eigenvalue weighted by atomic mass is 32.1. The van der Waals surface area contributed by atoms with Crippen LogP contribution in [0.5, 0.6) is 11.5 Å². The van der Waals surface area contributed by atoms with Crippen molar-refractivity contribution < 1.29 is 28.5 Å². The SMILES string of the molecule is COC(=O)c1cc(Nc2nn3c(=O)c4cc(OC)c(OC)cc4nc3s2)cc(C(=O)OC)c1. The van der Waals surface area contributed by atoms with Crippen molar-refractivity contribution in [2.24, 2.45) is 0 Å². The van der Waals surface area contributed by atoms with Crippen molar-refractivity contribution in [3.05, 3.63) is 51.8 Å². The van der Waals surface area contributed by atoms with Gasteiger partial charge in [-0.25, -0.2) is 14.6 Å². The number of nitrogens with zero attached hydrogens (tertiary/aromatic N) is 3. The molecule has 0 fully saturated rings. The van der Waals surface area contributed by atoms with E-state index in [1.807, 2.05) is 0 Å². The van der Waals surface area contributed by atoms with E-state index in [4.69, 9.17) is 18.9 Å². The molecule has 170 valence electrons. The molecule has 4 rings (SSSR count). The summed E-state index contributed by atoms with van der Waals surface area (Å²) in [6, 6.07) is 7.51. The van der Waals surface area contributed by atoms with E-state index in [-0.39, 0.29) is 16.7 Å². The molecule has 0 radical (unpaired) electrons. The summed E-state index contributed by atoms with van der Waals surface area (Å²) >= 11 is 1.11. The maximum atomic E-state index is 13.0. The van der Waals surface area contributed by atoms with Crippen molar-refractivity contribution in [3.8, 4) is 11.5 Å². The molecule has 0 unspecified atom stereocenters. The number of anilines is 2. The molecule has 0 bridgehead atoms. The molecular weight excluding hydrogens is 452 g/mol. The standard InChI is InChI=1S/C21H18N4O7S/c1-29-15-8-13-14(9-16(15)30-2)23-21-25(17(13)26)24-20(33-21)22-12-6-10(18(27)31-3)5-11(7-12)19(28)32-4/h5-9H,1-4H3,(H,22,24). The topological polar surface area (TPSA) is 130 Å². The number of nitrogens with one attached hydrogen (secondary N) is 1. The minimum Gasteiger partial charge on any atom is -0.493 e. The fourth-order valence-corrected chi connectivity index (χ4v) is 4.00. The number of fused-ring (bicyclic) bond motifs is 2. The lowest BCUT2D eigenvalue weighted by atomic mass is 10.1. The molecule has 0 aliphatic rings. The largest absolute Gasteiger partial charge is 0.493 e. The van der Waals surface area contributed by atoms with Gasteiger partial charge in [-0.2, -0.15) is 4.52 Å². The third kappa shape index (κ3) is 4.03. The first-order valence-electron chi connectivity index (χ1n) is 9.42. The molecule has 2 aromatic carbocycles. The first-order valence-corrected chi connectivity index (χ1v) is 10.2. The summed E-state index contributed by atoms with van der Waals surface area (Å²) in [6.07, 6.45) is 0. The number of hydrogen-bond acceptors (Lipinski definition) is 11. The van der Waals surface area contributed by atoms with E-state index in [2.05, 4.69) is 15.4 Å². The number of hydrogen-bond donors (Lipinski definition) is 1. The quantitative estimate of drug-likeness (QED) is 0.420. The molecule has 11 nitrogen and oxygen atoms in total. The third-order valence-corrected chi connectivity index (χ3v) is 5.55. The monoisotopic (exact) mass is 470 g/mol. The predicted octanol–water partition coefficient (Wildman–Crippen LogP) is 2.64. The molecule has 0 aliphatic carbocycles. The van der Waals surface area contributed by atoms with Crippen LogP contribution in [0.25, 0.3) is 15.9 Å². The molecule has 4 aromatic rings. The molecule has 1 N–H and O–H groups in total. The van der Waals surface area contributed by atoms with E-state index in [0.717, 1.165) is 15.9 Å². The Hall–Kier alpha value is -4.19. The Balaban J connectivity index is 1.80. The summed E-state index contributed by atoms with van der Waals surface area (Å²) in [7, 11) is 5.44. The van der Waals surface area contributed by atoms with Crippen LogP contribution in [0.3, 0.4) is 0 Å². The number of esters is 2. The van der Waals surface area contributed by atoms with Crippen LogP contribution >= 0.6 is 11.3 Å². The van der Waals surface area contributed by atoms with Crippen molar-refractivity contribution in [3.63, 3.8) is 0 Å². The minimum atomic E-state index is -0.625.